The van der Waals surface area contributed by atoms with Crippen LogP contribution in [0.3, 0.4) is 0 Å². The van der Waals surface area contributed by atoms with Crippen LogP contribution in [0.15, 0.2) is 23.1 Å². The van der Waals surface area contributed by atoms with E-state index in [1.54, 1.807) is 25.1 Å². The van der Waals surface area contributed by atoms with Gasteiger partial charge in [-0.1, -0.05) is 6.92 Å². The van der Waals surface area contributed by atoms with E-state index in [0.717, 1.165) is 5.56 Å². The molecule has 1 rings (SSSR count). The molecule has 0 aliphatic heterocycles. The highest BCUT2D eigenvalue weighted by molar-refractivity contribution is 7.86. The minimum absolute atomic E-state index is 0.464. The maximum Gasteiger partial charge on any atom is 0.233 e. The minimum atomic E-state index is -1.40. The monoisotopic (exact) mass is 240 g/mol. The van der Waals surface area contributed by atoms with Crippen molar-refractivity contribution in [3.63, 3.8) is 0 Å². The van der Waals surface area contributed by atoms with Gasteiger partial charge < -0.3 is 11.5 Å². The topological polar surface area (TPSA) is 86.2 Å². The highest BCUT2D eigenvalue weighted by Gasteiger charge is 2.22. The molecule has 0 aromatic heterocycles. The summed E-state index contributed by atoms with van der Waals surface area (Å²) in [6, 6.07) is 5.09. The molecule has 16 heavy (non-hydrogen) atoms. The van der Waals surface area contributed by atoms with Gasteiger partial charge in [-0.3, -0.25) is 9.00 Å². The number of primary amides is 1. The molecule has 2 atom stereocenters. The number of carbonyl (C=O) groups is 1. The molecule has 0 fully saturated rings. The van der Waals surface area contributed by atoms with E-state index in [1.165, 1.54) is 0 Å². The minimum Gasteiger partial charge on any atom is -0.399 e. The lowest BCUT2D eigenvalue weighted by molar-refractivity contribution is -0.117. The average Bonchev–Trinajstić information content (AvgIpc) is 2.22. The molecule has 0 saturated carbocycles. The molecule has 2 unspecified atom stereocenters. The molecule has 0 aliphatic carbocycles. The van der Waals surface area contributed by atoms with E-state index < -0.39 is 22.0 Å². The summed E-state index contributed by atoms with van der Waals surface area (Å²) in [6.07, 6.45) is 0.464. The number of hydrogen-bond acceptors (Lipinski definition) is 3. The Labute approximate surface area is 97.5 Å². The summed E-state index contributed by atoms with van der Waals surface area (Å²) in [5.41, 5.74) is 12.4. The molecule has 1 aromatic carbocycles. The van der Waals surface area contributed by atoms with E-state index in [2.05, 4.69) is 0 Å². The zero-order valence-electron chi connectivity index (χ0n) is 9.40. The molecule has 5 heteroatoms. The van der Waals surface area contributed by atoms with Gasteiger partial charge in [0.1, 0.15) is 5.25 Å². The Morgan fingerprint density at radius 3 is 2.56 bits per heavy atom. The first-order chi connectivity index (χ1) is 7.47. The van der Waals surface area contributed by atoms with Crippen LogP contribution in [0, 0.1) is 6.92 Å². The third-order valence-electron chi connectivity index (χ3n) is 2.42. The van der Waals surface area contributed by atoms with Crippen LogP contribution in [0.2, 0.25) is 0 Å². The van der Waals surface area contributed by atoms with Gasteiger partial charge in [-0.2, -0.15) is 0 Å². The van der Waals surface area contributed by atoms with Gasteiger partial charge in [-0.15, -0.1) is 0 Å². The zero-order chi connectivity index (χ0) is 12.3. The van der Waals surface area contributed by atoms with Crippen molar-refractivity contribution < 1.29 is 9.00 Å². The Hall–Kier alpha value is -1.36. The number of aryl methyl sites for hydroxylation is 1. The number of benzene rings is 1. The molecule has 0 saturated heterocycles. The van der Waals surface area contributed by atoms with Gasteiger partial charge in [0.15, 0.2) is 0 Å². The first-order valence-corrected chi connectivity index (χ1v) is 6.24. The van der Waals surface area contributed by atoms with E-state index in [4.69, 9.17) is 11.5 Å². The van der Waals surface area contributed by atoms with Crippen LogP contribution < -0.4 is 11.5 Å². The smallest absolute Gasteiger partial charge is 0.233 e. The van der Waals surface area contributed by atoms with Crippen molar-refractivity contribution in [1.29, 1.82) is 0 Å². The maximum absolute atomic E-state index is 12.1. The quantitative estimate of drug-likeness (QED) is 0.768. The number of hydrogen-bond donors (Lipinski definition) is 2. The molecule has 0 heterocycles. The van der Waals surface area contributed by atoms with Crippen LogP contribution >= 0.6 is 0 Å². The van der Waals surface area contributed by atoms with Crippen molar-refractivity contribution in [2.24, 2.45) is 5.73 Å². The van der Waals surface area contributed by atoms with Gasteiger partial charge in [-0.25, -0.2) is 0 Å². The van der Waals surface area contributed by atoms with Crippen molar-refractivity contribution in [3.05, 3.63) is 23.8 Å². The van der Waals surface area contributed by atoms with Crippen LogP contribution in [-0.4, -0.2) is 15.4 Å². The third-order valence-corrected chi connectivity index (χ3v) is 4.22. The molecule has 0 bridgehead atoms. The Morgan fingerprint density at radius 2 is 2.12 bits per heavy atom. The average molecular weight is 240 g/mol. The van der Waals surface area contributed by atoms with Crippen molar-refractivity contribution in [2.45, 2.75) is 30.4 Å². The lowest BCUT2D eigenvalue weighted by atomic mass is 10.2. The predicted octanol–water partition coefficient (Wildman–Crippen LogP) is 0.949. The normalized spacial score (nSPS) is 14.4. The van der Waals surface area contributed by atoms with Crippen LogP contribution in [-0.2, 0) is 15.6 Å². The molecule has 1 amide bonds. The second kappa shape index (κ2) is 5.12. The van der Waals surface area contributed by atoms with Gasteiger partial charge in [0.25, 0.3) is 0 Å². The fourth-order valence-electron chi connectivity index (χ4n) is 1.40. The molecule has 0 radical (unpaired) electrons. The summed E-state index contributed by atoms with van der Waals surface area (Å²) in [6.45, 7) is 3.62. The molecule has 0 spiro atoms. The number of carbonyl (C=O) groups excluding carboxylic acids is 1. The summed E-state index contributed by atoms with van der Waals surface area (Å²) < 4.78 is 12.1. The van der Waals surface area contributed by atoms with Crippen LogP contribution in [0.1, 0.15) is 18.9 Å². The second-order valence-electron chi connectivity index (χ2n) is 3.62. The Balaban J connectivity index is 3.04. The second-order valence-corrected chi connectivity index (χ2v) is 5.25. The first-order valence-electron chi connectivity index (χ1n) is 5.03. The summed E-state index contributed by atoms with van der Waals surface area (Å²) >= 11 is 0. The molecule has 88 valence electrons. The number of anilines is 1. The van der Waals surface area contributed by atoms with Gasteiger partial charge in [0, 0.05) is 10.6 Å². The fraction of sp³-hybridized carbons (Fsp3) is 0.364. The molecule has 1 aromatic rings. The summed E-state index contributed by atoms with van der Waals surface area (Å²) in [7, 11) is -1.40. The van der Waals surface area contributed by atoms with Gasteiger partial charge in [0.05, 0.1) is 10.8 Å². The van der Waals surface area contributed by atoms with E-state index in [-0.39, 0.29) is 0 Å². The molecular weight excluding hydrogens is 224 g/mol. The summed E-state index contributed by atoms with van der Waals surface area (Å²) in [5, 5.41) is -0.636. The van der Waals surface area contributed by atoms with E-state index in [9.17, 15) is 9.00 Å². The van der Waals surface area contributed by atoms with E-state index in [1.807, 2.05) is 6.92 Å². The standard InChI is InChI=1S/C11H16N2O2S/c1-3-10(11(13)14)16(15)8-4-5-9(12)7(2)6-8/h4-6,10H,3,12H2,1-2H3,(H2,13,14). The van der Waals surface area contributed by atoms with Crippen LogP contribution in [0.25, 0.3) is 0 Å². The number of nitrogen functional groups attached to an aromatic ring is 1. The highest BCUT2D eigenvalue weighted by atomic mass is 32.2. The lowest BCUT2D eigenvalue weighted by Gasteiger charge is -2.11. The van der Waals surface area contributed by atoms with Crippen LogP contribution in [0.5, 0.6) is 0 Å². The van der Waals surface area contributed by atoms with Gasteiger partial charge >= 0.3 is 0 Å². The van der Waals surface area contributed by atoms with Crippen LogP contribution in [0.4, 0.5) is 5.69 Å². The third kappa shape index (κ3) is 2.61. The first kappa shape index (κ1) is 12.7. The molecule has 4 N–H and O–H groups in total. The lowest BCUT2D eigenvalue weighted by Crippen LogP contribution is -2.31. The van der Waals surface area contributed by atoms with Gasteiger partial charge in [0.2, 0.25) is 5.91 Å². The van der Waals surface area contributed by atoms with E-state index in [0.29, 0.717) is 17.0 Å². The Morgan fingerprint density at radius 1 is 1.50 bits per heavy atom. The van der Waals surface area contributed by atoms with Crippen molar-refractivity contribution >= 4 is 22.4 Å². The Bertz CT molecular complexity index is 432. The molecule has 0 aliphatic rings. The van der Waals surface area contributed by atoms with Gasteiger partial charge in [-0.05, 0) is 37.1 Å². The largest absolute Gasteiger partial charge is 0.399 e. The van der Waals surface area contributed by atoms with Crippen molar-refractivity contribution in [3.8, 4) is 0 Å². The number of rotatable bonds is 4. The molecular formula is C11H16N2O2S. The highest BCUT2D eigenvalue weighted by Crippen LogP contribution is 2.19. The zero-order valence-corrected chi connectivity index (χ0v) is 10.2. The SMILES string of the molecule is CCC(C(N)=O)S(=O)c1ccc(N)c(C)c1. The summed E-state index contributed by atoms with van der Waals surface area (Å²) in [5.74, 6) is -0.532. The number of nitrogens with two attached hydrogens (primary N) is 2. The fourth-order valence-corrected chi connectivity index (χ4v) is 2.73. The van der Waals surface area contributed by atoms with Crippen molar-refractivity contribution in [2.75, 3.05) is 5.73 Å². The predicted molar refractivity (Wildman–Crippen MR) is 65.3 cm³/mol. The maximum atomic E-state index is 12.1. The Kier molecular flexibility index (Phi) is 4.06. The van der Waals surface area contributed by atoms with Crippen molar-refractivity contribution in [1.82, 2.24) is 0 Å². The molecule has 4 nitrogen and oxygen atoms in total. The summed E-state index contributed by atoms with van der Waals surface area (Å²) in [4.78, 5) is 11.7. The number of amides is 1. The van der Waals surface area contributed by atoms with E-state index >= 15 is 0 Å².